The van der Waals surface area contributed by atoms with Crippen LogP contribution in [0.15, 0.2) is 24.5 Å². The van der Waals surface area contributed by atoms with Crippen molar-refractivity contribution in [2.75, 3.05) is 20.1 Å². The Bertz CT molecular complexity index is 447. The van der Waals surface area contributed by atoms with Gasteiger partial charge in [-0.25, -0.2) is 0 Å². The average Bonchev–Trinajstić information content (AvgIpc) is 2.94. The molecule has 0 bridgehead atoms. The zero-order valence-electron chi connectivity index (χ0n) is 14.2. The van der Waals surface area contributed by atoms with Gasteiger partial charge in [0.25, 0.3) is 0 Å². The monoisotopic (exact) mass is 301 g/mol. The molecule has 3 nitrogen and oxygen atoms in total. The number of hydrogen-bond donors (Lipinski definition) is 1. The minimum atomic E-state index is 0.534. The first-order chi connectivity index (χ1) is 10.8. The molecule has 0 radical (unpaired) electrons. The molecule has 122 valence electrons. The molecule has 22 heavy (non-hydrogen) atoms. The second-order valence-corrected chi connectivity index (χ2v) is 7.31. The summed E-state index contributed by atoms with van der Waals surface area (Å²) in [7, 11) is 2.26. The molecule has 1 N–H and O–H groups in total. The van der Waals surface area contributed by atoms with Gasteiger partial charge in [-0.05, 0) is 56.3 Å². The van der Waals surface area contributed by atoms with Crippen LogP contribution in [0.3, 0.4) is 0 Å². The number of hydrogen-bond acceptors (Lipinski definition) is 3. The second-order valence-electron chi connectivity index (χ2n) is 7.31. The van der Waals surface area contributed by atoms with E-state index in [2.05, 4.69) is 41.3 Å². The Morgan fingerprint density at radius 3 is 3.00 bits per heavy atom. The van der Waals surface area contributed by atoms with Gasteiger partial charge in [0.1, 0.15) is 0 Å². The van der Waals surface area contributed by atoms with Crippen LogP contribution in [-0.4, -0.2) is 36.1 Å². The van der Waals surface area contributed by atoms with Gasteiger partial charge in [-0.15, -0.1) is 0 Å². The van der Waals surface area contributed by atoms with Crippen molar-refractivity contribution in [1.29, 1.82) is 0 Å². The molecule has 0 unspecified atom stereocenters. The molecule has 2 fully saturated rings. The molecule has 1 aromatic rings. The van der Waals surface area contributed by atoms with Gasteiger partial charge >= 0.3 is 0 Å². The Hall–Kier alpha value is -0.930. The van der Waals surface area contributed by atoms with E-state index >= 15 is 0 Å². The molecule has 2 aliphatic rings. The van der Waals surface area contributed by atoms with Gasteiger partial charge in [-0.2, -0.15) is 0 Å². The summed E-state index contributed by atoms with van der Waals surface area (Å²) in [6, 6.07) is 5.59. The maximum atomic E-state index is 4.32. The van der Waals surface area contributed by atoms with Crippen LogP contribution in [-0.2, 0) is 0 Å². The molecule has 3 rings (SSSR count). The van der Waals surface area contributed by atoms with E-state index in [0.29, 0.717) is 6.04 Å². The number of likely N-dealkylation sites (tertiary alicyclic amines) is 1. The lowest BCUT2D eigenvalue weighted by molar-refractivity contribution is 0.241. The van der Waals surface area contributed by atoms with Crippen molar-refractivity contribution < 1.29 is 0 Å². The smallest absolute Gasteiger partial charge is 0.0401 e. The third-order valence-electron chi connectivity index (χ3n) is 5.83. The zero-order valence-corrected chi connectivity index (χ0v) is 14.2. The third-order valence-corrected chi connectivity index (χ3v) is 5.83. The Balaban J connectivity index is 1.57. The summed E-state index contributed by atoms with van der Waals surface area (Å²) in [5, 5.41) is 3.90. The topological polar surface area (TPSA) is 28.2 Å². The SMILES string of the molecule is CC[C@H]1CCC[C@H](NC[C@@H]2CCN(C)[C@H]2c2cccnc2)C1. The highest BCUT2D eigenvalue weighted by Gasteiger charge is 2.33. The first-order valence-electron chi connectivity index (χ1n) is 9.11. The minimum absolute atomic E-state index is 0.534. The van der Waals surface area contributed by atoms with Crippen LogP contribution < -0.4 is 5.32 Å². The quantitative estimate of drug-likeness (QED) is 0.900. The third kappa shape index (κ3) is 3.69. The van der Waals surface area contributed by atoms with Crippen LogP contribution in [0.25, 0.3) is 0 Å². The van der Waals surface area contributed by atoms with Crippen LogP contribution in [0.4, 0.5) is 0 Å². The van der Waals surface area contributed by atoms with Crippen molar-refractivity contribution in [3.05, 3.63) is 30.1 Å². The van der Waals surface area contributed by atoms with E-state index in [9.17, 15) is 0 Å². The molecular weight excluding hydrogens is 270 g/mol. The summed E-state index contributed by atoms with van der Waals surface area (Å²) in [5.74, 6) is 1.67. The molecule has 1 aliphatic carbocycles. The van der Waals surface area contributed by atoms with E-state index in [1.54, 1.807) is 0 Å². The molecule has 1 saturated carbocycles. The molecule has 0 spiro atoms. The summed E-state index contributed by atoms with van der Waals surface area (Å²) < 4.78 is 0. The largest absolute Gasteiger partial charge is 0.314 e. The predicted octanol–water partition coefficient (Wildman–Crippen LogP) is 3.63. The summed E-state index contributed by atoms with van der Waals surface area (Å²) >= 11 is 0. The number of nitrogens with zero attached hydrogens (tertiary/aromatic N) is 2. The molecule has 0 aromatic carbocycles. The Labute approximate surface area is 135 Å². The van der Waals surface area contributed by atoms with Crippen LogP contribution in [0.1, 0.15) is 57.1 Å². The van der Waals surface area contributed by atoms with E-state index < -0.39 is 0 Å². The fourth-order valence-corrected chi connectivity index (χ4v) is 4.48. The summed E-state index contributed by atoms with van der Waals surface area (Å²) in [4.78, 5) is 6.82. The molecule has 1 aromatic heterocycles. The Kier molecular flexibility index (Phi) is 5.48. The van der Waals surface area contributed by atoms with Gasteiger partial charge in [0.15, 0.2) is 0 Å². The molecule has 3 heteroatoms. The lowest BCUT2D eigenvalue weighted by atomic mass is 9.84. The van der Waals surface area contributed by atoms with Crippen LogP contribution in [0, 0.1) is 11.8 Å². The van der Waals surface area contributed by atoms with Crippen molar-refractivity contribution in [3.8, 4) is 0 Å². The molecule has 2 heterocycles. The van der Waals surface area contributed by atoms with Gasteiger partial charge in [-0.1, -0.05) is 32.3 Å². The highest BCUT2D eigenvalue weighted by atomic mass is 15.2. The fraction of sp³-hybridized carbons (Fsp3) is 0.737. The average molecular weight is 301 g/mol. The molecule has 4 atom stereocenters. The number of aromatic nitrogens is 1. The van der Waals surface area contributed by atoms with E-state index in [-0.39, 0.29) is 0 Å². The number of pyridine rings is 1. The minimum Gasteiger partial charge on any atom is -0.314 e. The maximum absolute atomic E-state index is 4.32. The molecule has 1 saturated heterocycles. The molecule has 0 amide bonds. The highest BCUT2D eigenvalue weighted by Crippen LogP contribution is 2.35. The fourth-order valence-electron chi connectivity index (χ4n) is 4.48. The lowest BCUT2D eigenvalue weighted by Crippen LogP contribution is -2.38. The highest BCUT2D eigenvalue weighted by molar-refractivity contribution is 5.17. The Morgan fingerprint density at radius 2 is 2.23 bits per heavy atom. The van der Waals surface area contributed by atoms with E-state index in [1.807, 2.05) is 12.4 Å². The summed E-state index contributed by atoms with van der Waals surface area (Å²) in [6.45, 7) is 4.70. The van der Waals surface area contributed by atoms with Crippen molar-refractivity contribution in [2.24, 2.45) is 11.8 Å². The van der Waals surface area contributed by atoms with Crippen molar-refractivity contribution in [1.82, 2.24) is 15.2 Å². The van der Waals surface area contributed by atoms with E-state index in [4.69, 9.17) is 0 Å². The van der Waals surface area contributed by atoms with Crippen LogP contribution >= 0.6 is 0 Å². The van der Waals surface area contributed by atoms with Crippen LogP contribution in [0.2, 0.25) is 0 Å². The van der Waals surface area contributed by atoms with Gasteiger partial charge < -0.3 is 5.32 Å². The first kappa shape index (κ1) is 15.9. The van der Waals surface area contributed by atoms with Crippen molar-refractivity contribution >= 4 is 0 Å². The lowest BCUT2D eigenvalue weighted by Gasteiger charge is -2.31. The molecule has 1 aliphatic heterocycles. The van der Waals surface area contributed by atoms with Gasteiger partial charge in [0.2, 0.25) is 0 Å². The maximum Gasteiger partial charge on any atom is 0.0401 e. The summed E-state index contributed by atoms with van der Waals surface area (Å²) in [6.07, 6.45) is 12.2. The van der Waals surface area contributed by atoms with Gasteiger partial charge in [0, 0.05) is 31.0 Å². The standard InChI is InChI=1S/C19H31N3/c1-3-15-6-4-8-18(12-15)21-14-17-9-11-22(2)19(17)16-7-5-10-20-13-16/h5,7,10,13,15,17-19,21H,3-4,6,8-9,11-12,14H2,1-2H3/t15-,17-,18-,19-/m0/s1. The first-order valence-corrected chi connectivity index (χ1v) is 9.11. The molecular formula is C19H31N3. The van der Waals surface area contributed by atoms with Gasteiger partial charge in [-0.3, -0.25) is 9.88 Å². The van der Waals surface area contributed by atoms with Gasteiger partial charge in [0.05, 0.1) is 0 Å². The number of nitrogens with one attached hydrogen (secondary N) is 1. The van der Waals surface area contributed by atoms with E-state index in [0.717, 1.165) is 24.4 Å². The second kappa shape index (κ2) is 7.56. The van der Waals surface area contributed by atoms with Crippen molar-refractivity contribution in [2.45, 2.75) is 57.5 Å². The summed E-state index contributed by atoms with van der Waals surface area (Å²) in [5.41, 5.74) is 1.38. The zero-order chi connectivity index (χ0) is 15.4. The normalized spacial score (nSPS) is 33.2. The predicted molar refractivity (Wildman–Crippen MR) is 91.8 cm³/mol. The number of rotatable bonds is 5. The van der Waals surface area contributed by atoms with Crippen molar-refractivity contribution in [3.63, 3.8) is 0 Å². The van der Waals surface area contributed by atoms with Crippen LogP contribution in [0.5, 0.6) is 0 Å². The van der Waals surface area contributed by atoms with E-state index in [1.165, 1.54) is 50.6 Å². The Morgan fingerprint density at radius 1 is 1.32 bits per heavy atom.